The summed E-state index contributed by atoms with van der Waals surface area (Å²) in [5, 5.41) is 12.1. The molecule has 1 amide bonds. The Balaban J connectivity index is 1.95. The molecule has 5 nitrogen and oxygen atoms in total. The maximum absolute atomic E-state index is 12.3. The SMILES string of the molecule is CC[NH+](CC(=O)Nc1ccc(C#N)c(Cl)c1)Cc1ccc(N(C)C)cc1. The summed E-state index contributed by atoms with van der Waals surface area (Å²) in [6.45, 7) is 4.06. The Kier molecular flexibility index (Phi) is 7.02. The molecule has 2 rings (SSSR count). The first kappa shape index (κ1) is 19.8. The summed E-state index contributed by atoms with van der Waals surface area (Å²) in [7, 11) is 4.02. The lowest BCUT2D eigenvalue weighted by molar-refractivity contribution is -0.903. The van der Waals surface area contributed by atoms with Gasteiger partial charge in [-0.15, -0.1) is 0 Å². The highest BCUT2D eigenvalue weighted by Crippen LogP contribution is 2.20. The van der Waals surface area contributed by atoms with Crippen LogP contribution in [0.3, 0.4) is 0 Å². The summed E-state index contributed by atoms with van der Waals surface area (Å²) >= 11 is 6.01. The fourth-order valence-corrected chi connectivity index (χ4v) is 2.85. The topological polar surface area (TPSA) is 60.6 Å². The van der Waals surface area contributed by atoms with E-state index < -0.39 is 0 Å². The molecule has 6 heteroatoms. The zero-order chi connectivity index (χ0) is 19.1. The van der Waals surface area contributed by atoms with Crippen LogP contribution in [0, 0.1) is 11.3 Å². The molecule has 26 heavy (non-hydrogen) atoms. The van der Waals surface area contributed by atoms with Gasteiger partial charge in [-0.2, -0.15) is 5.26 Å². The van der Waals surface area contributed by atoms with E-state index in [9.17, 15) is 4.79 Å². The zero-order valence-corrected chi connectivity index (χ0v) is 16.1. The van der Waals surface area contributed by atoms with Crippen LogP contribution >= 0.6 is 11.6 Å². The van der Waals surface area contributed by atoms with E-state index in [0.29, 0.717) is 22.8 Å². The van der Waals surface area contributed by atoms with Crippen LogP contribution in [0.5, 0.6) is 0 Å². The Labute approximate surface area is 159 Å². The molecule has 2 aromatic rings. The Morgan fingerprint density at radius 1 is 1.23 bits per heavy atom. The van der Waals surface area contributed by atoms with Crippen LogP contribution in [-0.2, 0) is 11.3 Å². The summed E-state index contributed by atoms with van der Waals surface area (Å²) < 4.78 is 0. The minimum atomic E-state index is -0.0764. The number of hydrogen-bond donors (Lipinski definition) is 2. The number of halogens is 1. The molecular formula is C20H24ClN4O+. The Hall–Kier alpha value is -2.55. The Morgan fingerprint density at radius 3 is 2.46 bits per heavy atom. The van der Waals surface area contributed by atoms with Gasteiger partial charge in [-0.25, -0.2) is 0 Å². The third-order valence-electron chi connectivity index (χ3n) is 4.19. The van der Waals surface area contributed by atoms with Crippen LogP contribution in [-0.4, -0.2) is 33.1 Å². The largest absolute Gasteiger partial charge is 0.378 e. The number of carbonyl (C=O) groups is 1. The van der Waals surface area contributed by atoms with Crippen LogP contribution in [0.1, 0.15) is 18.1 Å². The third-order valence-corrected chi connectivity index (χ3v) is 4.50. The third kappa shape index (κ3) is 5.48. The van der Waals surface area contributed by atoms with Crippen molar-refractivity contribution in [3.8, 4) is 6.07 Å². The van der Waals surface area contributed by atoms with E-state index in [0.717, 1.165) is 18.8 Å². The van der Waals surface area contributed by atoms with E-state index in [1.165, 1.54) is 10.5 Å². The smallest absolute Gasteiger partial charge is 0.279 e. The van der Waals surface area contributed by atoms with E-state index in [1.807, 2.05) is 20.2 Å². The lowest BCUT2D eigenvalue weighted by Gasteiger charge is -2.18. The molecule has 1 unspecified atom stereocenters. The number of carbonyl (C=O) groups excluding carboxylic acids is 1. The molecule has 0 saturated carbocycles. The van der Waals surface area contributed by atoms with Crippen LogP contribution in [0.4, 0.5) is 11.4 Å². The number of amides is 1. The van der Waals surface area contributed by atoms with Gasteiger partial charge in [-0.1, -0.05) is 23.7 Å². The van der Waals surface area contributed by atoms with Gasteiger partial charge in [0.15, 0.2) is 6.54 Å². The fraction of sp³-hybridized carbons (Fsp3) is 0.300. The second-order valence-corrected chi connectivity index (χ2v) is 6.78. The molecule has 136 valence electrons. The molecule has 0 spiro atoms. The molecule has 0 aromatic heterocycles. The van der Waals surface area contributed by atoms with Crippen molar-refractivity contribution in [3.63, 3.8) is 0 Å². The van der Waals surface area contributed by atoms with E-state index in [4.69, 9.17) is 16.9 Å². The maximum Gasteiger partial charge on any atom is 0.279 e. The van der Waals surface area contributed by atoms with Crippen LogP contribution < -0.4 is 15.1 Å². The number of benzene rings is 2. The average Bonchev–Trinajstić information content (AvgIpc) is 2.61. The summed E-state index contributed by atoms with van der Waals surface area (Å²) in [4.78, 5) is 15.6. The lowest BCUT2D eigenvalue weighted by Crippen LogP contribution is -3.11. The summed E-state index contributed by atoms with van der Waals surface area (Å²) in [6, 6.07) is 15.3. The number of anilines is 2. The lowest BCUT2D eigenvalue weighted by atomic mass is 10.2. The standard InChI is InChI=1S/C20H23ClN4O/c1-4-25(13-15-5-9-18(10-6-15)24(2)3)14-20(26)23-17-8-7-16(12-22)19(21)11-17/h5-11H,4,13-14H2,1-3H3,(H,23,26)/p+1. The number of nitrogens with one attached hydrogen (secondary N) is 2. The van der Waals surface area contributed by atoms with Gasteiger partial charge in [0.25, 0.3) is 5.91 Å². The van der Waals surface area contributed by atoms with E-state index in [2.05, 4.69) is 41.4 Å². The van der Waals surface area contributed by atoms with Crippen molar-refractivity contribution in [2.24, 2.45) is 0 Å². The number of rotatable bonds is 7. The zero-order valence-electron chi connectivity index (χ0n) is 15.3. The van der Waals surface area contributed by atoms with Crippen molar-refractivity contribution < 1.29 is 9.69 Å². The van der Waals surface area contributed by atoms with Crippen molar-refractivity contribution in [1.29, 1.82) is 5.26 Å². The van der Waals surface area contributed by atoms with Crippen molar-refractivity contribution in [3.05, 3.63) is 58.6 Å². The molecule has 0 aliphatic heterocycles. The monoisotopic (exact) mass is 371 g/mol. The maximum atomic E-state index is 12.3. The van der Waals surface area contributed by atoms with Crippen LogP contribution in [0.2, 0.25) is 5.02 Å². The number of hydrogen-bond acceptors (Lipinski definition) is 3. The second-order valence-electron chi connectivity index (χ2n) is 6.37. The first-order valence-electron chi connectivity index (χ1n) is 8.52. The predicted octanol–water partition coefficient (Wildman–Crippen LogP) is 2.32. The van der Waals surface area contributed by atoms with Gasteiger partial charge >= 0.3 is 0 Å². The van der Waals surface area contributed by atoms with Gasteiger partial charge in [-0.05, 0) is 37.3 Å². The molecule has 0 heterocycles. The highest BCUT2D eigenvalue weighted by Gasteiger charge is 2.14. The first-order chi connectivity index (χ1) is 12.4. The normalized spacial score (nSPS) is 11.5. The van der Waals surface area contributed by atoms with Gasteiger partial charge in [0, 0.05) is 31.0 Å². The number of nitriles is 1. The van der Waals surface area contributed by atoms with Crippen molar-refractivity contribution in [2.75, 3.05) is 37.4 Å². The summed E-state index contributed by atoms with van der Waals surface area (Å²) in [6.07, 6.45) is 0. The van der Waals surface area contributed by atoms with Gasteiger partial charge < -0.3 is 15.1 Å². The van der Waals surface area contributed by atoms with Crippen molar-refractivity contribution in [1.82, 2.24) is 0 Å². The van der Waals surface area contributed by atoms with E-state index >= 15 is 0 Å². The highest BCUT2D eigenvalue weighted by molar-refractivity contribution is 6.32. The molecule has 0 saturated heterocycles. The van der Waals surface area contributed by atoms with Crippen LogP contribution in [0.25, 0.3) is 0 Å². The van der Waals surface area contributed by atoms with Crippen molar-refractivity contribution >= 4 is 28.9 Å². The second kappa shape index (κ2) is 9.23. The summed E-state index contributed by atoms with van der Waals surface area (Å²) in [5.41, 5.74) is 3.35. The molecular weight excluding hydrogens is 348 g/mol. The van der Waals surface area contributed by atoms with E-state index in [1.54, 1.807) is 18.2 Å². The molecule has 0 aliphatic rings. The van der Waals surface area contributed by atoms with Crippen molar-refractivity contribution in [2.45, 2.75) is 13.5 Å². The predicted molar refractivity (Wildman–Crippen MR) is 106 cm³/mol. The van der Waals surface area contributed by atoms with Gasteiger partial charge in [-0.3, -0.25) is 4.79 Å². The minimum absolute atomic E-state index is 0.0764. The molecule has 2 aromatic carbocycles. The molecule has 0 radical (unpaired) electrons. The average molecular weight is 372 g/mol. The summed E-state index contributed by atoms with van der Waals surface area (Å²) in [5.74, 6) is -0.0764. The molecule has 1 atom stereocenters. The molecule has 0 aliphatic carbocycles. The molecule has 0 bridgehead atoms. The minimum Gasteiger partial charge on any atom is -0.378 e. The van der Waals surface area contributed by atoms with Gasteiger partial charge in [0.1, 0.15) is 12.6 Å². The Bertz CT molecular complexity index is 796. The Morgan fingerprint density at radius 2 is 1.92 bits per heavy atom. The fourth-order valence-electron chi connectivity index (χ4n) is 2.63. The molecule has 0 fully saturated rings. The quantitative estimate of drug-likeness (QED) is 0.785. The first-order valence-corrected chi connectivity index (χ1v) is 8.90. The van der Waals surface area contributed by atoms with E-state index in [-0.39, 0.29) is 5.91 Å². The highest BCUT2D eigenvalue weighted by atomic mass is 35.5. The van der Waals surface area contributed by atoms with Crippen LogP contribution in [0.15, 0.2) is 42.5 Å². The number of quaternary nitrogens is 1. The van der Waals surface area contributed by atoms with Gasteiger partial charge in [0.2, 0.25) is 0 Å². The number of nitrogens with zero attached hydrogens (tertiary/aromatic N) is 2. The number of likely N-dealkylation sites (N-methyl/N-ethyl adjacent to an activating group) is 1. The molecule has 2 N–H and O–H groups in total. The van der Waals surface area contributed by atoms with Gasteiger partial charge in [0.05, 0.1) is 17.1 Å².